The maximum absolute atomic E-state index is 13.3. The number of ether oxygens (including phenoxy) is 2. The van der Waals surface area contributed by atoms with Crippen LogP contribution >= 0.6 is 23.7 Å². The number of aromatic nitrogens is 1. The first-order valence-electron chi connectivity index (χ1n) is 10.9. The van der Waals surface area contributed by atoms with Gasteiger partial charge >= 0.3 is 0 Å². The van der Waals surface area contributed by atoms with E-state index in [4.69, 9.17) is 14.5 Å². The Bertz CT molecular complexity index is 1150. The van der Waals surface area contributed by atoms with Crippen LogP contribution in [0.1, 0.15) is 19.4 Å². The molecule has 0 atom stereocenters. The number of amides is 1. The predicted octanol–water partition coefficient (Wildman–Crippen LogP) is 5.03. The second-order valence-electron chi connectivity index (χ2n) is 7.35. The fourth-order valence-corrected chi connectivity index (χ4v) is 4.58. The molecule has 1 aromatic heterocycles. The molecule has 0 saturated heterocycles. The van der Waals surface area contributed by atoms with Gasteiger partial charge in [0.15, 0.2) is 5.13 Å². The van der Waals surface area contributed by atoms with E-state index >= 15 is 0 Å². The van der Waals surface area contributed by atoms with Crippen molar-refractivity contribution in [3.8, 4) is 11.5 Å². The molecule has 0 spiro atoms. The van der Waals surface area contributed by atoms with Crippen molar-refractivity contribution >= 4 is 56.8 Å². The van der Waals surface area contributed by atoms with Gasteiger partial charge < -0.3 is 14.4 Å². The van der Waals surface area contributed by atoms with Crippen molar-refractivity contribution in [2.24, 2.45) is 0 Å². The molecule has 1 amide bonds. The lowest BCUT2D eigenvalue weighted by Gasteiger charge is -2.23. The summed E-state index contributed by atoms with van der Waals surface area (Å²) in [6.45, 7) is 6.99. The quantitative estimate of drug-likeness (QED) is 0.198. The van der Waals surface area contributed by atoms with Crippen molar-refractivity contribution in [2.75, 3.05) is 45.3 Å². The highest BCUT2D eigenvalue weighted by Crippen LogP contribution is 2.40. The van der Waals surface area contributed by atoms with Crippen LogP contribution in [-0.2, 0) is 4.79 Å². The number of benzene rings is 2. The molecule has 0 unspecified atom stereocenters. The topological polar surface area (TPSA) is 98.0 Å². The van der Waals surface area contributed by atoms with E-state index in [1.165, 1.54) is 29.5 Å². The van der Waals surface area contributed by atoms with E-state index in [0.717, 1.165) is 17.8 Å². The molecule has 0 N–H and O–H groups in total. The normalized spacial score (nSPS) is 11.0. The number of halogens is 1. The number of fused-ring (bicyclic) bond motifs is 1. The number of likely N-dealkylation sites (N-methyl/N-ethyl adjacent to an activating group) is 1. The Morgan fingerprint density at radius 3 is 2.43 bits per heavy atom. The van der Waals surface area contributed by atoms with E-state index < -0.39 is 4.92 Å². The molecule has 9 nitrogen and oxygen atoms in total. The van der Waals surface area contributed by atoms with E-state index in [1.54, 1.807) is 43.4 Å². The Hall–Kier alpha value is -3.21. The smallest absolute Gasteiger partial charge is 0.270 e. The van der Waals surface area contributed by atoms with Crippen LogP contribution in [0.3, 0.4) is 0 Å². The minimum atomic E-state index is -0.461. The SMILES string of the molecule is CCN(CC)CCN(C(=O)C=Cc1cccc([N+](=O)[O-])c1)c1nc2c(OC)ccc(OC)c2s1.Cl. The van der Waals surface area contributed by atoms with E-state index in [1.807, 2.05) is 6.07 Å². The maximum Gasteiger partial charge on any atom is 0.270 e. The fourth-order valence-electron chi connectivity index (χ4n) is 3.47. The van der Waals surface area contributed by atoms with Gasteiger partial charge in [0.05, 0.1) is 19.1 Å². The van der Waals surface area contributed by atoms with Crippen molar-refractivity contribution in [1.82, 2.24) is 9.88 Å². The zero-order valence-electron chi connectivity index (χ0n) is 20.1. The molecule has 11 heteroatoms. The summed E-state index contributed by atoms with van der Waals surface area (Å²) < 4.78 is 11.7. The largest absolute Gasteiger partial charge is 0.495 e. The molecule has 0 aliphatic heterocycles. The first kappa shape index (κ1) is 28.0. The van der Waals surface area contributed by atoms with E-state index in [9.17, 15) is 14.9 Å². The van der Waals surface area contributed by atoms with E-state index in [0.29, 0.717) is 40.8 Å². The molecule has 0 fully saturated rings. The van der Waals surface area contributed by atoms with Gasteiger partial charge in [0.2, 0.25) is 0 Å². The molecule has 3 rings (SSSR count). The van der Waals surface area contributed by atoms with Gasteiger partial charge in [0, 0.05) is 31.3 Å². The number of hydrogen-bond acceptors (Lipinski definition) is 8. The molecule has 0 aliphatic rings. The van der Waals surface area contributed by atoms with Gasteiger partial charge in [0.25, 0.3) is 11.6 Å². The molecule has 0 aliphatic carbocycles. The molecular weight excluding hydrogens is 492 g/mol. The Labute approximate surface area is 214 Å². The summed E-state index contributed by atoms with van der Waals surface area (Å²) >= 11 is 1.36. The molecule has 1 heterocycles. The van der Waals surface area contributed by atoms with Gasteiger partial charge in [-0.3, -0.25) is 19.8 Å². The number of nitrogens with zero attached hydrogens (tertiary/aromatic N) is 4. The van der Waals surface area contributed by atoms with Crippen LogP contribution in [0.5, 0.6) is 11.5 Å². The van der Waals surface area contributed by atoms with Gasteiger partial charge in [-0.2, -0.15) is 0 Å². The standard InChI is InChI=1S/C24H28N4O5S.ClH/c1-5-26(6-2)14-15-27(21(29)13-10-17-8-7-9-18(16-17)28(30)31)24-25-22-19(32-3)11-12-20(33-4)23(22)34-24;/h7-13,16H,5-6,14-15H2,1-4H3;1H. The number of methoxy groups -OCH3 is 2. The van der Waals surface area contributed by atoms with Crippen LogP contribution in [0.2, 0.25) is 0 Å². The van der Waals surface area contributed by atoms with Crippen molar-refractivity contribution in [3.63, 3.8) is 0 Å². The first-order chi connectivity index (χ1) is 16.4. The summed E-state index contributed by atoms with van der Waals surface area (Å²) in [7, 11) is 3.16. The third-order valence-electron chi connectivity index (χ3n) is 5.43. The highest BCUT2D eigenvalue weighted by molar-refractivity contribution is 7.22. The molecule has 0 saturated carbocycles. The number of carbonyl (C=O) groups excluding carboxylic acids is 1. The predicted molar refractivity (Wildman–Crippen MR) is 142 cm³/mol. The van der Waals surface area contributed by atoms with Gasteiger partial charge in [-0.15, -0.1) is 12.4 Å². The number of carbonyl (C=O) groups is 1. The second-order valence-corrected chi connectivity index (χ2v) is 8.32. The molecule has 3 aromatic rings. The van der Waals surface area contributed by atoms with Crippen molar-refractivity contribution in [1.29, 1.82) is 0 Å². The van der Waals surface area contributed by atoms with Gasteiger partial charge in [-0.25, -0.2) is 4.98 Å². The minimum absolute atomic E-state index is 0. The molecule has 35 heavy (non-hydrogen) atoms. The first-order valence-corrected chi connectivity index (χ1v) is 11.7. The maximum atomic E-state index is 13.3. The van der Waals surface area contributed by atoms with Crippen LogP contribution in [0, 0.1) is 10.1 Å². The summed E-state index contributed by atoms with van der Waals surface area (Å²) in [4.78, 5) is 32.4. The number of nitro benzene ring substituents is 1. The van der Waals surface area contributed by atoms with Gasteiger partial charge in [0.1, 0.15) is 21.7 Å². The third-order valence-corrected chi connectivity index (χ3v) is 6.52. The lowest BCUT2D eigenvalue weighted by Crippen LogP contribution is -2.38. The highest BCUT2D eigenvalue weighted by atomic mass is 35.5. The Morgan fingerprint density at radius 1 is 1.11 bits per heavy atom. The number of rotatable bonds is 11. The van der Waals surface area contributed by atoms with E-state index in [-0.39, 0.29) is 24.0 Å². The molecule has 0 radical (unpaired) electrons. The van der Waals surface area contributed by atoms with Crippen molar-refractivity contribution in [3.05, 3.63) is 58.2 Å². The number of thiazole rings is 1. The summed E-state index contributed by atoms with van der Waals surface area (Å²) in [6, 6.07) is 9.74. The van der Waals surface area contributed by atoms with Crippen molar-refractivity contribution < 1.29 is 19.2 Å². The summed E-state index contributed by atoms with van der Waals surface area (Å²) in [5.41, 5.74) is 1.17. The zero-order valence-corrected chi connectivity index (χ0v) is 21.7. The zero-order chi connectivity index (χ0) is 24.7. The average Bonchev–Trinajstić information content (AvgIpc) is 3.30. The van der Waals surface area contributed by atoms with Gasteiger partial charge in [-0.05, 0) is 36.9 Å². The Kier molecular flexibility index (Phi) is 10.4. The lowest BCUT2D eigenvalue weighted by atomic mass is 10.2. The van der Waals surface area contributed by atoms with Crippen LogP contribution < -0.4 is 14.4 Å². The molecule has 0 bridgehead atoms. The average molecular weight is 521 g/mol. The number of hydrogen-bond donors (Lipinski definition) is 0. The highest BCUT2D eigenvalue weighted by Gasteiger charge is 2.22. The third kappa shape index (κ3) is 6.68. The van der Waals surface area contributed by atoms with Crippen molar-refractivity contribution in [2.45, 2.75) is 13.8 Å². The number of non-ortho nitro benzene ring substituents is 1. The second kappa shape index (κ2) is 13.0. The Balaban J connectivity index is 0.00000432. The van der Waals surface area contributed by atoms with E-state index in [2.05, 4.69) is 18.7 Å². The van der Waals surface area contributed by atoms with Crippen LogP contribution in [0.25, 0.3) is 16.3 Å². The summed E-state index contributed by atoms with van der Waals surface area (Å²) in [5.74, 6) is 0.986. The van der Waals surface area contributed by atoms with Gasteiger partial charge in [-0.1, -0.05) is 37.3 Å². The number of nitro groups is 1. The van der Waals surface area contributed by atoms with Crippen LogP contribution in [0.4, 0.5) is 10.8 Å². The van der Waals surface area contributed by atoms with Crippen LogP contribution in [0.15, 0.2) is 42.5 Å². The fraction of sp³-hybridized carbons (Fsp3) is 0.333. The number of anilines is 1. The van der Waals surface area contributed by atoms with Crippen LogP contribution in [-0.4, -0.2) is 61.1 Å². The Morgan fingerprint density at radius 2 is 1.80 bits per heavy atom. The molecular formula is C24H29ClN4O5S. The molecule has 188 valence electrons. The summed E-state index contributed by atoms with van der Waals surface area (Å²) in [6.07, 6.45) is 3.00. The lowest BCUT2D eigenvalue weighted by molar-refractivity contribution is -0.384. The monoisotopic (exact) mass is 520 g/mol. The summed E-state index contributed by atoms with van der Waals surface area (Å²) in [5, 5.41) is 11.6. The minimum Gasteiger partial charge on any atom is -0.495 e. The molecule has 2 aromatic carbocycles.